The maximum absolute atomic E-state index is 13.8. The zero-order chi connectivity index (χ0) is 19.2. The predicted octanol–water partition coefficient (Wildman–Crippen LogP) is 3.17. The van der Waals surface area contributed by atoms with E-state index in [1.54, 1.807) is 23.5 Å². The van der Waals surface area contributed by atoms with E-state index in [0.717, 1.165) is 26.2 Å². The number of halogens is 1. The molecule has 6 heteroatoms. The number of thiophene rings is 1. The summed E-state index contributed by atoms with van der Waals surface area (Å²) in [6.45, 7) is 6.53. The van der Waals surface area contributed by atoms with Crippen LogP contribution in [0.3, 0.4) is 0 Å². The highest BCUT2D eigenvalue weighted by molar-refractivity contribution is 7.10. The van der Waals surface area contributed by atoms with Crippen molar-refractivity contribution in [1.82, 2.24) is 15.1 Å². The molecule has 1 aliphatic rings. The summed E-state index contributed by atoms with van der Waals surface area (Å²) in [5.41, 5.74) is 0.592. The van der Waals surface area contributed by atoms with Crippen LogP contribution in [-0.2, 0) is 11.2 Å². The lowest BCUT2D eigenvalue weighted by Gasteiger charge is -2.37. The number of amides is 1. The number of carbonyl (C=O) groups is 1. The Morgan fingerprint density at radius 3 is 2.59 bits per heavy atom. The maximum Gasteiger partial charge on any atom is 0.223 e. The van der Waals surface area contributed by atoms with Crippen molar-refractivity contribution < 1.29 is 9.18 Å². The van der Waals surface area contributed by atoms with Gasteiger partial charge in [-0.05, 0) is 36.5 Å². The van der Waals surface area contributed by atoms with Gasteiger partial charge in [0.25, 0.3) is 0 Å². The fraction of sp³-hybridized carbons (Fsp3) is 0.476. The van der Waals surface area contributed by atoms with Crippen molar-refractivity contribution in [3.63, 3.8) is 0 Å². The van der Waals surface area contributed by atoms with Gasteiger partial charge >= 0.3 is 0 Å². The van der Waals surface area contributed by atoms with Crippen LogP contribution >= 0.6 is 11.3 Å². The summed E-state index contributed by atoms with van der Waals surface area (Å²) in [7, 11) is 2.14. The molecule has 1 aliphatic heterocycles. The molecule has 0 bridgehead atoms. The highest BCUT2D eigenvalue weighted by Gasteiger charge is 2.26. The minimum Gasteiger partial charge on any atom is -0.354 e. The van der Waals surface area contributed by atoms with E-state index in [4.69, 9.17) is 0 Å². The van der Waals surface area contributed by atoms with Crippen molar-refractivity contribution in [2.45, 2.75) is 19.4 Å². The van der Waals surface area contributed by atoms with Gasteiger partial charge in [0.2, 0.25) is 5.91 Å². The summed E-state index contributed by atoms with van der Waals surface area (Å²) >= 11 is 1.73. The number of hydrogen-bond donors (Lipinski definition) is 1. The third-order valence-corrected chi connectivity index (χ3v) is 6.22. The van der Waals surface area contributed by atoms with Crippen LogP contribution in [-0.4, -0.2) is 55.5 Å². The topological polar surface area (TPSA) is 35.6 Å². The Bertz CT molecular complexity index is 729. The minimum absolute atomic E-state index is 0.0195. The zero-order valence-corrected chi connectivity index (χ0v) is 16.8. The molecule has 2 atom stereocenters. The number of carbonyl (C=O) groups excluding carboxylic acids is 1. The van der Waals surface area contributed by atoms with Gasteiger partial charge in [-0.1, -0.05) is 31.2 Å². The average Bonchev–Trinajstić information content (AvgIpc) is 3.19. The number of nitrogens with one attached hydrogen (secondary N) is 1. The first-order valence-corrected chi connectivity index (χ1v) is 10.4. The second-order valence-electron chi connectivity index (χ2n) is 7.31. The van der Waals surface area contributed by atoms with Crippen LogP contribution in [0, 0.1) is 11.7 Å². The Morgan fingerprint density at radius 2 is 1.93 bits per heavy atom. The Hall–Kier alpha value is -1.76. The molecule has 1 saturated heterocycles. The monoisotopic (exact) mass is 389 g/mol. The molecule has 1 amide bonds. The van der Waals surface area contributed by atoms with Gasteiger partial charge in [-0.2, -0.15) is 0 Å². The van der Waals surface area contributed by atoms with Crippen molar-refractivity contribution in [2.24, 2.45) is 5.92 Å². The molecule has 0 saturated carbocycles. The number of rotatable bonds is 7. The number of hydrogen-bond acceptors (Lipinski definition) is 4. The van der Waals surface area contributed by atoms with E-state index in [2.05, 4.69) is 39.7 Å². The van der Waals surface area contributed by atoms with Gasteiger partial charge in [0.05, 0.1) is 6.04 Å². The molecule has 3 rings (SSSR count). The van der Waals surface area contributed by atoms with Crippen molar-refractivity contribution >= 4 is 17.2 Å². The SMILES string of the molecule is CC(Cc1ccccc1F)C(=O)NCC(c1cccs1)N1CCN(C)CC1. The highest BCUT2D eigenvalue weighted by atomic mass is 32.1. The second-order valence-corrected chi connectivity index (χ2v) is 8.29. The van der Waals surface area contributed by atoms with E-state index in [1.165, 1.54) is 10.9 Å². The Kier molecular flexibility index (Phi) is 6.99. The molecule has 2 heterocycles. The number of piperazine rings is 1. The van der Waals surface area contributed by atoms with E-state index >= 15 is 0 Å². The summed E-state index contributed by atoms with van der Waals surface area (Å²) in [4.78, 5) is 18.7. The maximum atomic E-state index is 13.8. The van der Waals surface area contributed by atoms with E-state index in [0.29, 0.717) is 18.5 Å². The molecule has 0 radical (unpaired) electrons. The van der Waals surface area contributed by atoms with Crippen LogP contribution < -0.4 is 5.32 Å². The Balaban J connectivity index is 1.59. The second kappa shape index (κ2) is 9.44. The van der Waals surface area contributed by atoms with Crippen LogP contribution in [0.2, 0.25) is 0 Å². The largest absolute Gasteiger partial charge is 0.354 e. The molecule has 4 nitrogen and oxygen atoms in total. The lowest BCUT2D eigenvalue weighted by Crippen LogP contribution is -2.48. The summed E-state index contributed by atoms with van der Waals surface area (Å²) in [6, 6.07) is 11.1. The molecular formula is C21H28FN3OS. The highest BCUT2D eigenvalue weighted by Crippen LogP contribution is 2.25. The zero-order valence-electron chi connectivity index (χ0n) is 16.0. The summed E-state index contributed by atoms with van der Waals surface area (Å²) in [5, 5.41) is 5.19. The molecule has 27 heavy (non-hydrogen) atoms. The lowest BCUT2D eigenvalue weighted by atomic mass is 10.00. The molecule has 2 unspecified atom stereocenters. The fourth-order valence-electron chi connectivity index (χ4n) is 3.48. The van der Waals surface area contributed by atoms with Crippen LogP contribution in [0.25, 0.3) is 0 Å². The average molecular weight is 390 g/mol. The Morgan fingerprint density at radius 1 is 1.19 bits per heavy atom. The van der Waals surface area contributed by atoms with E-state index in [1.807, 2.05) is 13.0 Å². The van der Waals surface area contributed by atoms with Crippen LogP contribution in [0.15, 0.2) is 41.8 Å². The Labute approximate surface area is 165 Å². The van der Waals surface area contributed by atoms with Gasteiger partial charge in [-0.25, -0.2) is 4.39 Å². The van der Waals surface area contributed by atoms with Gasteiger partial charge in [-0.15, -0.1) is 11.3 Å². The molecule has 0 spiro atoms. The summed E-state index contributed by atoms with van der Waals surface area (Å²) in [6.07, 6.45) is 0.413. The summed E-state index contributed by atoms with van der Waals surface area (Å²) < 4.78 is 13.8. The van der Waals surface area contributed by atoms with Gasteiger partial charge < -0.3 is 10.2 Å². The van der Waals surface area contributed by atoms with Crippen LogP contribution in [0.4, 0.5) is 4.39 Å². The first kappa shape index (κ1) is 20.0. The standard InChI is InChI=1S/C21H28FN3OS/c1-16(14-17-6-3-4-7-18(17)22)21(26)23-15-19(20-8-5-13-27-20)25-11-9-24(2)10-12-25/h3-8,13,16,19H,9-12,14-15H2,1-2H3,(H,23,26). The molecule has 146 valence electrons. The molecular weight excluding hydrogens is 361 g/mol. The third kappa shape index (κ3) is 5.37. The van der Waals surface area contributed by atoms with Crippen LogP contribution in [0.5, 0.6) is 0 Å². The molecule has 1 aromatic carbocycles. The van der Waals surface area contributed by atoms with E-state index < -0.39 is 0 Å². The van der Waals surface area contributed by atoms with Crippen molar-refractivity contribution in [3.05, 3.63) is 58.0 Å². The predicted molar refractivity (Wildman–Crippen MR) is 108 cm³/mol. The molecule has 0 aliphatic carbocycles. The van der Waals surface area contributed by atoms with Gasteiger partial charge in [0.15, 0.2) is 0 Å². The number of benzene rings is 1. The third-order valence-electron chi connectivity index (χ3n) is 5.25. The van der Waals surface area contributed by atoms with Gasteiger partial charge in [0, 0.05) is 43.5 Å². The number of nitrogens with zero attached hydrogens (tertiary/aromatic N) is 2. The van der Waals surface area contributed by atoms with E-state index in [-0.39, 0.29) is 23.7 Å². The van der Waals surface area contributed by atoms with Gasteiger partial charge in [-0.3, -0.25) is 9.69 Å². The fourth-order valence-corrected chi connectivity index (χ4v) is 4.34. The molecule has 1 aromatic heterocycles. The molecule has 1 fully saturated rings. The van der Waals surface area contributed by atoms with Crippen molar-refractivity contribution in [3.8, 4) is 0 Å². The first-order valence-electron chi connectivity index (χ1n) is 9.51. The van der Waals surface area contributed by atoms with Gasteiger partial charge in [0.1, 0.15) is 5.82 Å². The van der Waals surface area contributed by atoms with E-state index in [9.17, 15) is 9.18 Å². The lowest BCUT2D eigenvalue weighted by molar-refractivity contribution is -0.124. The smallest absolute Gasteiger partial charge is 0.223 e. The summed E-state index contributed by atoms with van der Waals surface area (Å²) in [5.74, 6) is -0.529. The molecule has 2 aromatic rings. The minimum atomic E-state index is -0.265. The first-order chi connectivity index (χ1) is 13.0. The quantitative estimate of drug-likeness (QED) is 0.790. The normalized spacial score (nSPS) is 18.2. The van der Waals surface area contributed by atoms with Crippen LogP contribution in [0.1, 0.15) is 23.4 Å². The number of likely N-dealkylation sites (N-methyl/N-ethyl adjacent to an activating group) is 1. The van der Waals surface area contributed by atoms with Crippen molar-refractivity contribution in [2.75, 3.05) is 39.8 Å². The van der Waals surface area contributed by atoms with Crippen molar-refractivity contribution in [1.29, 1.82) is 0 Å². The molecule has 1 N–H and O–H groups in total.